The Hall–Kier alpha value is -1.75. The van der Waals surface area contributed by atoms with E-state index in [0.717, 1.165) is 34.8 Å². The van der Waals surface area contributed by atoms with E-state index in [9.17, 15) is 4.79 Å². The number of hydrogen-bond donors (Lipinski definition) is 1. The maximum Gasteiger partial charge on any atom is 0.234 e. The fourth-order valence-electron chi connectivity index (χ4n) is 6.27. The van der Waals surface area contributed by atoms with Crippen LogP contribution in [-0.2, 0) is 11.3 Å². The first-order chi connectivity index (χ1) is 13.0. The Labute approximate surface area is 162 Å². The lowest BCUT2D eigenvalue weighted by atomic mass is 9.53. The van der Waals surface area contributed by atoms with Gasteiger partial charge in [0.2, 0.25) is 5.91 Å². The van der Waals surface area contributed by atoms with E-state index in [1.54, 1.807) is 14.2 Å². The highest BCUT2D eigenvalue weighted by Crippen LogP contribution is 2.55. The minimum absolute atomic E-state index is 0.0837. The van der Waals surface area contributed by atoms with Crippen LogP contribution < -0.4 is 14.8 Å². The highest BCUT2D eigenvalue weighted by molar-refractivity contribution is 5.79. The third-order valence-corrected chi connectivity index (χ3v) is 6.78. The molecule has 5 rings (SSSR count). The molecule has 4 aliphatic carbocycles. The zero-order valence-corrected chi connectivity index (χ0v) is 16.8. The Morgan fingerprint density at radius 2 is 1.74 bits per heavy atom. The van der Waals surface area contributed by atoms with Crippen molar-refractivity contribution in [1.82, 2.24) is 10.2 Å². The summed E-state index contributed by atoms with van der Waals surface area (Å²) in [6.07, 6.45) is 7.76. The molecular weight excluding hydrogens is 340 g/mol. The standard InChI is InChI=1S/C22H32N2O3/c1-24(13-18-5-4-6-19(26-2)21(18)27-3)14-20(25)23-22-10-15-7-16(11-22)9-17(8-15)12-22/h4-6,15-17H,7-14H2,1-3H3,(H,23,25). The van der Waals surface area contributed by atoms with Crippen molar-refractivity contribution < 1.29 is 14.3 Å². The van der Waals surface area contributed by atoms with Gasteiger partial charge in [0.25, 0.3) is 0 Å². The Balaban J connectivity index is 1.36. The lowest BCUT2D eigenvalue weighted by molar-refractivity contribution is -0.127. The highest BCUT2D eigenvalue weighted by atomic mass is 16.5. The fourth-order valence-corrected chi connectivity index (χ4v) is 6.27. The first-order valence-corrected chi connectivity index (χ1v) is 10.2. The SMILES string of the molecule is COc1cccc(CN(C)CC(=O)NC23CC4CC(CC(C4)C2)C3)c1OC. The summed E-state index contributed by atoms with van der Waals surface area (Å²) in [6, 6.07) is 5.87. The van der Waals surface area contributed by atoms with E-state index in [1.165, 1.54) is 38.5 Å². The predicted molar refractivity (Wildman–Crippen MR) is 105 cm³/mol. The van der Waals surface area contributed by atoms with Gasteiger partial charge in [-0.1, -0.05) is 12.1 Å². The van der Waals surface area contributed by atoms with Gasteiger partial charge in [-0.15, -0.1) is 0 Å². The van der Waals surface area contributed by atoms with Crippen molar-refractivity contribution in [3.63, 3.8) is 0 Å². The van der Waals surface area contributed by atoms with Crippen molar-refractivity contribution in [2.75, 3.05) is 27.8 Å². The minimum Gasteiger partial charge on any atom is -0.493 e. The van der Waals surface area contributed by atoms with Gasteiger partial charge in [0.05, 0.1) is 20.8 Å². The number of amides is 1. The Kier molecular flexibility index (Phi) is 5.06. The molecule has 5 heteroatoms. The van der Waals surface area contributed by atoms with Crippen LogP contribution >= 0.6 is 0 Å². The normalized spacial score (nSPS) is 31.2. The second-order valence-corrected chi connectivity index (χ2v) is 9.07. The number of nitrogens with zero attached hydrogens (tertiary/aromatic N) is 1. The lowest BCUT2D eigenvalue weighted by Gasteiger charge is -2.57. The number of carbonyl (C=O) groups is 1. The van der Waals surface area contributed by atoms with E-state index >= 15 is 0 Å². The summed E-state index contributed by atoms with van der Waals surface area (Å²) < 4.78 is 10.9. The van der Waals surface area contributed by atoms with Crippen LogP contribution in [0, 0.1) is 17.8 Å². The summed E-state index contributed by atoms with van der Waals surface area (Å²) in [6.45, 7) is 1.05. The molecule has 148 valence electrons. The van der Waals surface area contributed by atoms with Crippen LogP contribution in [0.4, 0.5) is 0 Å². The summed E-state index contributed by atoms with van der Waals surface area (Å²) in [5.41, 5.74) is 1.11. The molecule has 1 N–H and O–H groups in total. The van der Waals surface area contributed by atoms with Crippen LogP contribution in [0.5, 0.6) is 11.5 Å². The number of methoxy groups -OCH3 is 2. The Bertz CT molecular complexity index is 668. The molecule has 4 saturated carbocycles. The second kappa shape index (κ2) is 7.34. The Morgan fingerprint density at radius 3 is 2.30 bits per heavy atom. The molecule has 1 amide bonds. The van der Waals surface area contributed by atoms with Gasteiger partial charge in [-0.3, -0.25) is 9.69 Å². The molecule has 1 aromatic rings. The molecule has 27 heavy (non-hydrogen) atoms. The first-order valence-electron chi connectivity index (χ1n) is 10.2. The van der Waals surface area contributed by atoms with Crippen molar-refractivity contribution in [3.05, 3.63) is 23.8 Å². The van der Waals surface area contributed by atoms with Gasteiger partial charge in [-0.25, -0.2) is 0 Å². The average molecular weight is 373 g/mol. The van der Waals surface area contributed by atoms with Gasteiger partial charge in [0, 0.05) is 17.6 Å². The van der Waals surface area contributed by atoms with E-state index in [2.05, 4.69) is 5.32 Å². The minimum atomic E-state index is 0.0837. The van der Waals surface area contributed by atoms with Gasteiger partial charge < -0.3 is 14.8 Å². The van der Waals surface area contributed by atoms with Crippen molar-refractivity contribution in [1.29, 1.82) is 0 Å². The topological polar surface area (TPSA) is 50.8 Å². The van der Waals surface area contributed by atoms with E-state index in [4.69, 9.17) is 9.47 Å². The maximum atomic E-state index is 12.8. The Morgan fingerprint density at radius 1 is 1.11 bits per heavy atom. The number of hydrogen-bond acceptors (Lipinski definition) is 4. The summed E-state index contributed by atoms with van der Waals surface area (Å²) >= 11 is 0. The van der Waals surface area contributed by atoms with Crippen molar-refractivity contribution in [3.8, 4) is 11.5 Å². The molecule has 4 fully saturated rings. The van der Waals surface area contributed by atoms with Gasteiger partial charge in [0.15, 0.2) is 11.5 Å². The van der Waals surface area contributed by atoms with Crippen LogP contribution in [0.15, 0.2) is 18.2 Å². The molecule has 0 unspecified atom stereocenters. The number of carbonyl (C=O) groups excluding carboxylic acids is 1. The molecule has 5 nitrogen and oxygen atoms in total. The van der Waals surface area contributed by atoms with E-state index in [0.29, 0.717) is 13.1 Å². The van der Waals surface area contributed by atoms with Gasteiger partial charge in [-0.2, -0.15) is 0 Å². The number of ether oxygens (including phenoxy) is 2. The molecule has 0 atom stereocenters. The van der Waals surface area contributed by atoms with Crippen LogP contribution in [0.25, 0.3) is 0 Å². The largest absolute Gasteiger partial charge is 0.493 e. The predicted octanol–water partition coefficient (Wildman–Crippen LogP) is 3.22. The molecule has 0 saturated heterocycles. The molecule has 1 aromatic carbocycles. The van der Waals surface area contributed by atoms with E-state index < -0.39 is 0 Å². The highest BCUT2D eigenvalue weighted by Gasteiger charge is 2.51. The van der Waals surface area contributed by atoms with E-state index in [1.807, 2.05) is 30.1 Å². The first kappa shape index (κ1) is 18.6. The van der Waals surface area contributed by atoms with Crippen LogP contribution in [-0.4, -0.2) is 44.2 Å². The summed E-state index contributed by atoms with van der Waals surface area (Å²) in [5, 5.41) is 3.46. The monoisotopic (exact) mass is 372 g/mol. The number of nitrogens with one attached hydrogen (secondary N) is 1. The molecule has 0 aromatic heterocycles. The van der Waals surface area contributed by atoms with Gasteiger partial charge in [-0.05, 0) is 69.4 Å². The second-order valence-electron chi connectivity index (χ2n) is 9.07. The fraction of sp³-hybridized carbons (Fsp3) is 0.682. The van der Waals surface area contributed by atoms with E-state index in [-0.39, 0.29) is 11.4 Å². The molecule has 4 aliphatic rings. The molecule has 4 bridgehead atoms. The zero-order chi connectivity index (χ0) is 19.0. The number of benzene rings is 1. The lowest BCUT2D eigenvalue weighted by Crippen LogP contribution is -2.60. The summed E-state index contributed by atoms with van der Waals surface area (Å²) in [4.78, 5) is 14.8. The van der Waals surface area contributed by atoms with Crippen LogP contribution in [0.1, 0.15) is 44.1 Å². The number of likely N-dealkylation sites (N-methyl/N-ethyl adjacent to an activating group) is 1. The molecule has 0 spiro atoms. The zero-order valence-electron chi connectivity index (χ0n) is 16.8. The van der Waals surface area contributed by atoms with Gasteiger partial charge >= 0.3 is 0 Å². The molecule has 0 heterocycles. The summed E-state index contributed by atoms with van der Waals surface area (Å²) in [7, 11) is 5.28. The summed E-state index contributed by atoms with van der Waals surface area (Å²) in [5.74, 6) is 4.15. The molecular formula is C22H32N2O3. The molecule has 0 aliphatic heterocycles. The quantitative estimate of drug-likeness (QED) is 0.798. The van der Waals surface area contributed by atoms with Crippen molar-refractivity contribution in [2.24, 2.45) is 17.8 Å². The maximum absolute atomic E-state index is 12.8. The van der Waals surface area contributed by atoms with Crippen LogP contribution in [0.3, 0.4) is 0 Å². The number of rotatable bonds is 7. The average Bonchev–Trinajstić information content (AvgIpc) is 2.59. The smallest absolute Gasteiger partial charge is 0.234 e. The van der Waals surface area contributed by atoms with Gasteiger partial charge in [0.1, 0.15) is 0 Å². The third kappa shape index (κ3) is 3.79. The van der Waals surface area contributed by atoms with Crippen molar-refractivity contribution in [2.45, 2.75) is 50.6 Å². The number of para-hydroxylation sites is 1. The van der Waals surface area contributed by atoms with Crippen molar-refractivity contribution >= 4 is 5.91 Å². The van der Waals surface area contributed by atoms with Crippen LogP contribution in [0.2, 0.25) is 0 Å². The third-order valence-electron chi connectivity index (χ3n) is 6.78. The molecule has 0 radical (unpaired) electrons.